The molecule has 20 rings (SSSR count). The van der Waals surface area contributed by atoms with Gasteiger partial charge in [-0.05, 0) is 247 Å². The Morgan fingerprint density at radius 2 is 0.451 bits per heavy atom. The third-order valence-electron chi connectivity index (χ3n) is 22.5. The zero-order valence-corrected chi connectivity index (χ0v) is 64.7. The highest BCUT2D eigenvalue weighted by atomic mass is 15.1. The molecule has 17 aromatic carbocycles. The van der Waals surface area contributed by atoms with E-state index in [4.69, 9.17) is 0 Å². The van der Waals surface area contributed by atoms with E-state index in [1.54, 1.807) is 0 Å². The van der Waals surface area contributed by atoms with Crippen LogP contribution in [0.1, 0.15) is 74.9 Å². The molecule has 0 aromatic heterocycles. The minimum Gasteiger partial charge on any atom is -0.356 e. The third-order valence-corrected chi connectivity index (χ3v) is 22.5. The van der Waals surface area contributed by atoms with Crippen molar-refractivity contribution in [3.8, 4) is 33.4 Å². The van der Waals surface area contributed by atoms with Crippen molar-refractivity contribution in [2.24, 2.45) is 0 Å². The number of rotatable bonds is 14. The lowest BCUT2D eigenvalue weighted by molar-refractivity contribution is 0.660. The average Bonchev–Trinajstić information content (AvgIpc) is 1.59. The lowest BCUT2D eigenvalue weighted by Crippen LogP contribution is -2.15. The first-order valence-corrected chi connectivity index (χ1v) is 39.1. The van der Waals surface area contributed by atoms with Gasteiger partial charge in [-0.15, -0.1) is 0 Å². The first kappa shape index (κ1) is 72.0. The smallest absolute Gasteiger partial charge is 0.0463 e. The van der Waals surface area contributed by atoms with Crippen molar-refractivity contribution in [1.82, 2.24) is 0 Å². The van der Waals surface area contributed by atoms with Gasteiger partial charge in [0.15, 0.2) is 0 Å². The minimum absolute atomic E-state index is 0.0301. The molecule has 17 aromatic rings. The fraction of sp³-hybridized carbons (Fsp3) is 0.0841. The highest BCUT2D eigenvalue weighted by Crippen LogP contribution is 2.53. The molecular formula is C107H90N6. The van der Waals surface area contributed by atoms with Crippen LogP contribution in [0, 0.1) is 0 Å². The van der Waals surface area contributed by atoms with E-state index >= 15 is 0 Å². The summed E-state index contributed by atoms with van der Waals surface area (Å²) < 4.78 is 0. The van der Waals surface area contributed by atoms with E-state index in [9.17, 15) is 0 Å². The van der Waals surface area contributed by atoms with Crippen LogP contribution in [0.2, 0.25) is 0 Å². The summed E-state index contributed by atoms with van der Waals surface area (Å²) in [6.07, 6.45) is 0. The van der Waals surface area contributed by atoms with Crippen LogP contribution in [0.4, 0.5) is 79.6 Å². The molecule has 3 aliphatic carbocycles. The molecule has 0 saturated heterocycles. The molecular weight excluding hydrogens is 1370 g/mol. The highest BCUT2D eigenvalue weighted by Gasteiger charge is 2.38. The van der Waals surface area contributed by atoms with Gasteiger partial charge < -0.3 is 31.1 Å². The average molecular weight is 1460 g/mol. The van der Waals surface area contributed by atoms with Gasteiger partial charge in [0.1, 0.15) is 0 Å². The van der Waals surface area contributed by atoms with Gasteiger partial charge in [0.25, 0.3) is 0 Å². The summed E-state index contributed by atoms with van der Waals surface area (Å²) in [7, 11) is 0. The Balaban J connectivity index is 0.000000112. The monoisotopic (exact) mass is 1460 g/mol. The molecule has 0 amide bonds. The molecule has 6 heteroatoms. The normalized spacial score (nSPS) is 12.9. The van der Waals surface area contributed by atoms with E-state index in [0.29, 0.717) is 0 Å². The summed E-state index contributed by atoms with van der Waals surface area (Å²) in [4.78, 5) is 4.53. The Kier molecular flexibility index (Phi) is 19.9. The first-order valence-electron chi connectivity index (χ1n) is 39.1. The summed E-state index contributed by atoms with van der Waals surface area (Å²) in [5.74, 6) is 0. The van der Waals surface area contributed by atoms with Gasteiger partial charge >= 0.3 is 0 Å². The Morgan fingerprint density at radius 1 is 0.177 bits per heavy atom. The van der Waals surface area contributed by atoms with Gasteiger partial charge in [-0.25, -0.2) is 0 Å². The van der Waals surface area contributed by atoms with E-state index in [2.05, 4.69) is 455 Å². The van der Waals surface area contributed by atoms with Gasteiger partial charge in [-0.1, -0.05) is 290 Å². The number of nitrogens with zero attached hydrogens (tertiary/aromatic N) is 2. The summed E-state index contributed by atoms with van der Waals surface area (Å²) in [6.45, 7) is 13.9. The molecule has 4 N–H and O–H groups in total. The van der Waals surface area contributed by atoms with E-state index < -0.39 is 0 Å². The van der Waals surface area contributed by atoms with Crippen LogP contribution >= 0.6 is 0 Å². The Bertz CT molecular complexity index is 5980. The zero-order chi connectivity index (χ0) is 76.9. The lowest BCUT2D eigenvalue weighted by atomic mass is 9.82. The van der Waals surface area contributed by atoms with E-state index in [1.807, 2.05) is 30.3 Å². The predicted molar refractivity (Wildman–Crippen MR) is 482 cm³/mol. The molecule has 0 unspecified atom stereocenters. The Hall–Kier alpha value is -13.9. The topological polar surface area (TPSA) is 54.6 Å². The van der Waals surface area contributed by atoms with Crippen LogP contribution in [0.3, 0.4) is 0 Å². The van der Waals surface area contributed by atoms with Crippen molar-refractivity contribution >= 4 is 101 Å². The number of hydrogen-bond acceptors (Lipinski definition) is 6. The summed E-state index contributed by atoms with van der Waals surface area (Å²) >= 11 is 0. The lowest BCUT2D eigenvalue weighted by Gasteiger charge is -2.26. The second kappa shape index (κ2) is 31.2. The highest BCUT2D eigenvalue weighted by molar-refractivity contribution is 5.96. The van der Waals surface area contributed by atoms with Crippen molar-refractivity contribution in [3.05, 3.63) is 446 Å². The second-order valence-electron chi connectivity index (χ2n) is 30.9. The largest absolute Gasteiger partial charge is 0.356 e. The predicted octanol–water partition coefficient (Wildman–Crippen LogP) is 29.9. The van der Waals surface area contributed by atoms with Crippen LogP contribution in [0.25, 0.3) is 54.9 Å². The second-order valence-corrected chi connectivity index (χ2v) is 30.9. The summed E-state index contributed by atoms with van der Waals surface area (Å²) in [6, 6.07) is 146. The molecule has 0 bridgehead atoms. The molecule has 0 fully saturated rings. The first-order chi connectivity index (χ1) is 55.3. The van der Waals surface area contributed by atoms with Crippen LogP contribution in [-0.4, -0.2) is 0 Å². The van der Waals surface area contributed by atoms with Crippen LogP contribution in [0.15, 0.2) is 413 Å². The molecule has 0 spiro atoms. The number of anilines is 14. The quantitative estimate of drug-likeness (QED) is 0.0871. The number of hydrogen-bond donors (Lipinski definition) is 4. The maximum absolute atomic E-state index is 3.64. The van der Waals surface area contributed by atoms with E-state index in [1.165, 1.54) is 88.3 Å². The van der Waals surface area contributed by atoms with Gasteiger partial charge in [-0.2, -0.15) is 0 Å². The maximum atomic E-state index is 3.64. The van der Waals surface area contributed by atoms with Crippen molar-refractivity contribution < 1.29 is 0 Å². The minimum atomic E-state index is 0.0301. The van der Waals surface area contributed by atoms with Gasteiger partial charge in [0.2, 0.25) is 0 Å². The molecule has 0 atom stereocenters. The van der Waals surface area contributed by atoms with E-state index in [0.717, 1.165) is 79.6 Å². The summed E-state index contributed by atoms with van der Waals surface area (Å²) in [5, 5.41) is 19.3. The van der Waals surface area contributed by atoms with Crippen molar-refractivity contribution in [2.75, 3.05) is 31.1 Å². The standard InChI is InChI=1S/C36H29N3.2C25H21N.C21H19N/c1-5-13-31(14-6-1)38(32-15-7-2-8-16-32)35-25-21-29(22-26-35)37-30-23-27-36(28-24-30)39(33-17-9-3-10-18-33)34-19-11-4-12-20-34;1-25(2)22-12-6-5-11-20(22)21-15-14-18(16-23(21)25)26-24-13-7-9-17-8-3-4-10-19(17)24;1-25(2)23-10-6-5-9-21(23)22-14-13-20(16-24(22)25)26-19-12-11-17-7-3-4-8-18(17)15-19;1-21(2)19-11-7-6-10-17(19)18-13-12-16(14-20(18)21)22-15-8-4-3-5-9-15/h1-28,37H;2*3-16,26H,1-2H3;3-14,22H,1-2H3. The number of fused-ring (bicyclic) bond motifs is 11. The fourth-order valence-corrected chi connectivity index (χ4v) is 16.7. The molecule has 113 heavy (non-hydrogen) atoms. The Morgan fingerprint density at radius 3 is 0.876 bits per heavy atom. The Labute approximate surface area is 665 Å². The molecule has 0 radical (unpaired) electrons. The molecule has 548 valence electrons. The van der Waals surface area contributed by atoms with E-state index in [-0.39, 0.29) is 16.2 Å². The molecule has 0 saturated carbocycles. The van der Waals surface area contributed by atoms with Crippen LogP contribution in [0.5, 0.6) is 0 Å². The molecule has 0 heterocycles. The number of para-hydroxylation sites is 5. The van der Waals surface area contributed by atoms with Crippen LogP contribution < -0.4 is 31.1 Å². The fourth-order valence-electron chi connectivity index (χ4n) is 16.7. The van der Waals surface area contributed by atoms with Gasteiger partial charge in [0.05, 0.1) is 0 Å². The SMILES string of the molecule is CC1(C)c2ccccc2-c2ccc(Nc3ccc4ccccc4c3)cc21.CC1(C)c2ccccc2-c2ccc(Nc3cccc4ccccc34)cc21.CC1(C)c2ccccc2-c2ccc(Nc3ccccc3)cc21.c1ccc(N(c2ccccc2)c2ccc(Nc3ccc(N(c4ccccc4)c4ccccc4)cc3)cc2)cc1. The van der Waals surface area contributed by atoms with Crippen LogP contribution in [-0.2, 0) is 16.2 Å². The van der Waals surface area contributed by atoms with Crippen molar-refractivity contribution in [1.29, 1.82) is 0 Å². The van der Waals surface area contributed by atoms with Crippen molar-refractivity contribution in [3.63, 3.8) is 0 Å². The number of benzene rings is 17. The third kappa shape index (κ3) is 14.8. The van der Waals surface area contributed by atoms with Crippen molar-refractivity contribution in [2.45, 2.75) is 57.8 Å². The molecule has 0 aliphatic heterocycles. The maximum Gasteiger partial charge on any atom is 0.0463 e. The number of nitrogens with one attached hydrogen (secondary N) is 4. The zero-order valence-electron chi connectivity index (χ0n) is 64.7. The molecule has 3 aliphatic rings. The van der Waals surface area contributed by atoms with Gasteiger partial charge in [0, 0.05) is 101 Å². The summed E-state index contributed by atoms with van der Waals surface area (Å²) in [5.41, 5.74) is 32.3. The molecule has 6 nitrogen and oxygen atoms in total. The van der Waals surface area contributed by atoms with Gasteiger partial charge in [-0.3, -0.25) is 0 Å².